The summed E-state index contributed by atoms with van der Waals surface area (Å²) in [6.07, 6.45) is 4.03. The highest BCUT2D eigenvalue weighted by molar-refractivity contribution is 4.74. The minimum absolute atomic E-state index is 0.281. The number of unbranched alkanes of at least 4 members (excludes halogenated alkanes) is 2. The van der Waals surface area contributed by atoms with Crippen molar-refractivity contribution in [1.29, 1.82) is 5.26 Å². The molecule has 1 atom stereocenters. The second-order valence-corrected chi connectivity index (χ2v) is 2.51. The van der Waals surface area contributed by atoms with Gasteiger partial charge in [-0.15, -0.1) is 0 Å². The van der Waals surface area contributed by atoms with E-state index < -0.39 is 6.10 Å². The van der Waals surface area contributed by atoms with E-state index in [0.717, 1.165) is 19.3 Å². The van der Waals surface area contributed by atoms with Crippen LogP contribution in [0, 0.1) is 11.3 Å². The van der Waals surface area contributed by atoms with Crippen LogP contribution in [-0.2, 0) is 0 Å². The molecule has 0 radical (unpaired) electrons. The Morgan fingerprint density at radius 3 is 2.70 bits per heavy atom. The van der Waals surface area contributed by atoms with Crippen LogP contribution in [0.5, 0.6) is 0 Å². The van der Waals surface area contributed by atoms with Gasteiger partial charge in [-0.05, 0) is 6.42 Å². The molecule has 0 saturated heterocycles. The zero-order valence-electron chi connectivity index (χ0n) is 6.51. The summed E-state index contributed by atoms with van der Waals surface area (Å²) in [4.78, 5) is 0. The lowest BCUT2D eigenvalue weighted by molar-refractivity contribution is 0.166. The summed E-state index contributed by atoms with van der Waals surface area (Å²) in [5, 5.41) is 17.2. The quantitative estimate of drug-likeness (QED) is 0.594. The van der Waals surface area contributed by atoms with Crippen molar-refractivity contribution < 1.29 is 5.11 Å². The molecule has 0 fully saturated rings. The van der Waals surface area contributed by atoms with E-state index in [1.807, 2.05) is 6.07 Å². The van der Waals surface area contributed by atoms with Crippen molar-refractivity contribution in [2.45, 2.75) is 45.1 Å². The summed E-state index contributed by atoms with van der Waals surface area (Å²) in [6.45, 7) is 2.12. The van der Waals surface area contributed by atoms with Crippen molar-refractivity contribution in [3.8, 4) is 6.07 Å². The number of aliphatic hydroxyl groups excluding tert-OH is 1. The average Bonchev–Trinajstić information content (AvgIpc) is 1.89. The Labute approximate surface area is 62.5 Å². The predicted molar refractivity (Wildman–Crippen MR) is 40.4 cm³/mol. The molecule has 58 valence electrons. The third kappa shape index (κ3) is 5.58. The van der Waals surface area contributed by atoms with Gasteiger partial charge in [-0.2, -0.15) is 5.26 Å². The van der Waals surface area contributed by atoms with Crippen LogP contribution in [0.2, 0.25) is 0 Å². The molecule has 0 aliphatic rings. The Hall–Kier alpha value is -0.550. The average molecular weight is 141 g/mol. The molecular formula is C8H15NO. The van der Waals surface area contributed by atoms with Crippen molar-refractivity contribution in [2.75, 3.05) is 0 Å². The largest absolute Gasteiger partial charge is 0.392 e. The van der Waals surface area contributed by atoms with Gasteiger partial charge in [-0.1, -0.05) is 26.2 Å². The molecule has 0 aromatic rings. The number of hydrogen-bond acceptors (Lipinski definition) is 2. The molecule has 0 saturated carbocycles. The fraction of sp³-hybridized carbons (Fsp3) is 0.875. The number of nitriles is 1. The fourth-order valence-electron chi connectivity index (χ4n) is 0.837. The SMILES string of the molecule is CCCCC[C@@H](O)CC#N. The Kier molecular flexibility index (Phi) is 6.21. The Morgan fingerprint density at radius 1 is 1.50 bits per heavy atom. The Balaban J connectivity index is 3.06. The molecule has 0 aliphatic carbocycles. The van der Waals surface area contributed by atoms with E-state index in [1.165, 1.54) is 6.42 Å². The van der Waals surface area contributed by atoms with Crippen LogP contribution in [0.25, 0.3) is 0 Å². The summed E-state index contributed by atoms with van der Waals surface area (Å²) < 4.78 is 0. The van der Waals surface area contributed by atoms with E-state index in [9.17, 15) is 0 Å². The van der Waals surface area contributed by atoms with Crippen molar-refractivity contribution in [1.82, 2.24) is 0 Å². The highest BCUT2D eigenvalue weighted by Gasteiger charge is 2.00. The van der Waals surface area contributed by atoms with Crippen LogP contribution in [0.15, 0.2) is 0 Å². The molecule has 0 aromatic heterocycles. The van der Waals surface area contributed by atoms with Gasteiger partial charge in [0.1, 0.15) is 0 Å². The zero-order chi connectivity index (χ0) is 7.82. The summed E-state index contributed by atoms with van der Waals surface area (Å²) in [7, 11) is 0. The summed E-state index contributed by atoms with van der Waals surface area (Å²) >= 11 is 0. The smallest absolute Gasteiger partial charge is 0.0670 e. The minimum Gasteiger partial charge on any atom is -0.392 e. The van der Waals surface area contributed by atoms with E-state index in [2.05, 4.69) is 6.92 Å². The summed E-state index contributed by atoms with van der Waals surface area (Å²) in [5.41, 5.74) is 0. The second kappa shape index (κ2) is 6.57. The van der Waals surface area contributed by atoms with Crippen molar-refractivity contribution in [3.05, 3.63) is 0 Å². The van der Waals surface area contributed by atoms with Gasteiger partial charge >= 0.3 is 0 Å². The standard InChI is InChI=1S/C8H15NO/c1-2-3-4-5-8(10)6-7-9/h8,10H,2-6H2,1H3/t8-/m1/s1. The monoisotopic (exact) mass is 141 g/mol. The number of nitrogens with zero attached hydrogens (tertiary/aromatic N) is 1. The van der Waals surface area contributed by atoms with Crippen LogP contribution < -0.4 is 0 Å². The third-order valence-corrected chi connectivity index (χ3v) is 1.47. The Bertz CT molecular complexity index is 106. The van der Waals surface area contributed by atoms with Crippen LogP contribution in [0.1, 0.15) is 39.0 Å². The molecular weight excluding hydrogens is 126 g/mol. The first kappa shape index (κ1) is 9.45. The minimum atomic E-state index is -0.392. The van der Waals surface area contributed by atoms with Crippen molar-refractivity contribution in [2.24, 2.45) is 0 Å². The first-order valence-corrected chi connectivity index (χ1v) is 3.86. The lowest BCUT2D eigenvalue weighted by Crippen LogP contribution is -2.03. The molecule has 0 heterocycles. The maximum atomic E-state index is 9.05. The summed E-state index contributed by atoms with van der Waals surface area (Å²) in [6, 6.07) is 1.94. The highest BCUT2D eigenvalue weighted by atomic mass is 16.3. The summed E-state index contributed by atoms with van der Waals surface area (Å²) in [5.74, 6) is 0. The second-order valence-electron chi connectivity index (χ2n) is 2.51. The third-order valence-electron chi connectivity index (χ3n) is 1.47. The topological polar surface area (TPSA) is 44.0 Å². The van der Waals surface area contributed by atoms with Gasteiger partial charge in [-0.3, -0.25) is 0 Å². The molecule has 1 N–H and O–H groups in total. The molecule has 0 aliphatic heterocycles. The normalized spacial score (nSPS) is 12.5. The van der Waals surface area contributed by atoms with E-state index >= 15 is 0 Å². The van der Waals surface area contributed by atoms with Crippen LogP contribution >= 0.6 is 0 Å². The number of hydrogen-bond donors (Lipinski definition) is 1. The number of aliphatic hydroxyl groups is 1. The van der Waals surface area contributed by atoms with Gasteiger partial charge in [0.25, 0.3) is 0 Å². The first-order chi connectivity index (χ1) is 4.81. The maximum absolute atomic E-state index is 9.05. The van der Waals surface area contributed by atoms with E-state index in [0.29, 0.717) is 0 Å². The van der Waals surface area contributed by atoms with Gasteiger partial charge in [0.05, 0.1) is 18.6 Å². The van der Waals surface area contributed by atoms with Gasteiger partial charge in [-0.25, -0.2) is 0 Å². The maximum Gasteiger partial charge on any atom is 0.0670 e. The molecule has 0 unspecified atom stereocenters. The van der Waals surface area contributed by atoms with E-state index in [4.69, 9.17) is 10.4 Å². The van der Waals surface area contributed by atoms with Crippen LogP contribution in [0.3, 0.4) is 0 Å². The Morgan fingerprint density at radius 2 is 2.20 bits per heavy atom. The van der Waals surface area contributed by atoms with Crippen molar-refractivity contribution >= 4 is 0 Å². The van der Waals surface area contributed by atoms with E-state index in [-0.39, 0.29) is 6.42 Å². The molecule has 10 heavy (non-hydrogen) atoms. The molecule has 0 aromatic carbocycles. The van der Waals surface area contributed by atoms with Crippen LogP contribution in [-0.4, -0.2) is 11.2 Å². The zero-order valence-corrected chi connectivity index (χ0v) is 6.51. The fourth-order valence-corrected chi connectivity index (χ4v) is 0.837. The molecule has 0 rings (SSSR count). The van der Waals surface area contributed by atoms with Gasteiger partial charge in [0.15, 0.2) is 0 Å². The van der Waals surface area contributed by atoms with Gasteiger partial charge in [0, 0.05) is 0 Å². The van der Waals surface area contributed by atoms with Gasteiger partial charge < -0.3 is 5.11 Å². The lowest BCUT2D eigenvalue weighted by atomic mass is 10.1. The molecule has 2 heteroatoms. The van der Waals surface area contributed by atoms with E-state index in [1.54, 1.807) is 0 Å². The molecule has 2 nitrogen and oxygen atoms in total. The van der Waals surface area contributed by atoms with Gasteiger partial charge in [0.2, 0.25) is 0 Å². The first-order valence-electron chi connectivity index (χ1n) is 3.86. The highest BCUT2D eigenvalue weighted by Crippen LogP contribution is 2.04. The molecule has 0 amide bonds. The predicted octanol–water partition coefficient (Wildman–Crippen LogP) is 1.84. The molecule has 0 spiro atoms. The van der Waals surface area contributed by atoms with Crippen LogP contribution in [0.4, 0.5) is 0 Å². The lowest BCUT2D eigenvalue weighted by Gasteiger charge is -2.03. The van der Waals surface area contributed by atoms with Crippen molar-refractivity contribution in [3.63, 3.8) is 0 Å². The molecule has 0 bridgehead atoms. The number of rotatable bonds is 5.